The minimum absolute atomic E-state index is 0.186. The van der Waals surface area contributed by atoms with E-state index in [0.717, 1.165) is 6.54 Å². The van der Waals surface area contributed by atoms with Crippen molar-refractivity contribution in [2.45, 2.75) is 65.0 Å². The van der Waals surface area contributed by atoms with Crippen LogP contribution in [0.4, 0.5) is 0 Å². The first-order valence-corrected chi connectivity index (χ1v) is 8.97. The number of likely N-dealkylation sites (tertiary alicyclic amines) is 1. The largest absolute Gasteiger partial charge is 0.308 e. The minimum atomic E-state index is 0.186. The maximum Gasteiger partial charge on any atom is 0.0599 e. The van der Waals surface area contributed by atoms with Crippen molar-refractivity contribution in [3.05, 3.63) is 21.9 Å². The fourth-order valence-corrected chi connectivity index (χ4v) is 4.47. The van der Waals surface area contributed by atoms with Crippen molar-refractivity contribution in [3.63, 3.8) is 0 Å². The molecule has 2 heterocycles. The van der Waals surface area contributed by atoms with E-state index < -0.39 is 0 Å². The summed E-state index contributed by atoms with van der Waals surface area (Å²) in [7, 11) is 0. The van der Waals surface area contributed by atoms with Gasteiger partial charge in [0.2, 0.25) is 0 Å². The van der Waals surface area contributed by atoms with Gasteiger partial charge in [0.05, 0.1) is 6.04 Å². The van der Waals surface area contributed by atoms with Crippen molar-refractivity contribution in [1.82, 2.24) is 10.2 Å². The van der Waals surface area contributed by atoms with Gasteiger partial charge in [-0.05, 0) is 76.7 Å². The Morgan fingerprint density at radius 3 is 2.55 bits per heavy atom. The highest BCUT2D eigenvalue weighted by molar-refractivity contribution is 7.10. The second-order valence-electron chi connectivity index (χ2n) is 6.56. The van der Waals surface area contributed by atoms with Crippen molar-refractivity contribution in [2.24, 2.45) is 0 Å². The monoisotopic (exact) mass is 294 g/mol. The van der Waals surface area contributed by atoms with Gasteiger partial charge >= 0.3 is 0 Å². The molecule has 20 heavy (non-hydrogen) atoms. The van der Waals surface area contributed by atoms with Crippen molar-refractivity contribution in [1.29, 1.82) is 0 Å². The lowest BCUT2D eigenvalue weighted by molar-refractivity contribution is 0.0617. The van der Waals surface area contributed by atoms with Gasteiger partial charge in [-0.3, -0.25) is 4.90 Å². The van der Waals surface area contributed by atoms with Crippen molar-refractivity contribution >= 4 is 11.3 Å². The van der Waals surface area contributed by atoms with Crippen LogP contribution in [0, 0.1) is 6.92 Å². The van der Waals surface area contributed by atoms with Gasteiger partial charge < -0.3 is 5.32 Å². The number of nitrogens with zero attached hydrogens (tertiary/aromatic N) is 1. The van der Waals surface area contributed by atoms with Crippen molar-refractivity contribution < 1.29 is 0 Å². The van der Waals surface area contributed by atoms with Gasteiger partial charge in [-0.2, -0.15) is 0 Å². The topological polar surface area (TPSA) is 15.3 Å². The maximum absolute atomic E-state index is 3.82. The Balaban J connectivity index is 2.22. The SMILES string of the molecule is CCCNC(c1sccc1C)C(C)(C)N1CCCCC1. The molecule has 0 spiro atoms. The zero-order valence-corrected chi connectivity index (χ0v) is 14.4. The Labute approximate surface area is 128 Å². The molecule has 2 rings (SSSR count). The molecule has 0 aliphatic carbocycles. The fourth-order valence-electron chi connectivity index (χ4n) is 3.28. The highest BCUT2D eigenvalue weighted by atomic mass is 32.1. The van der Waals surface area contributed by atoms with E-state index in [2.05, 4.69) is 49.4 Å². The Kier molecular flexibility index (Phi) is 5.65. The summed E-state index contributed by atoms with van der Waals surface area (Å²) < 4.78 is 0. The van der Waals surface area contributed by atoms with Crippen molar-refractivity contribution in [2.75, 3.05) is 19.6 Å². The van der Waals surface area contributed by atoms with Crippen LogP contribution in [-0.4, -0.2) is 30.1 Å². The summed E-state index contributed by atoms with van der Waals surface area (Å²) in [6.45, 7) is 12.9. The first-order chi connectivity index (χ1) is 9.57. The lowest BCUT2D eigenvalue weighted by atomic mass is 9.88. The van der Waals surface area contributed by atoms with E-state index in [1.165, 1.54) is 49.2 Å². The summed E-state index contributed by atoms with van der Waals surface area (Å²) in [6, 6.07) is 2.70. The molecule has 1 aromatic rings. The number of hydrogen-bond acceptors (Lipinski definition) is 3. The maximum atomic E-state index is 3.82. The predicted octanol–water partition coefficient (Wildman–Crippen LogP) is 4.36. The van der Waals surface area contributed by atoms with Gasteiger partial charge in [0, 0.05) is 10.4 Å². The van der Waals surface area contributed by atoms with E-state index in [9.17, 15) is 0 Å². The number of hydrogen-bond donors (Lipinski definition) is 1. The molecule has 1 fully saturated rings. The number of nitrogens with one attached hydrogen (secondary N) is 1. The molecule has 3 heteroatoms. The summed E-state index contributed by atoms with van der Waals surface area (Å²) in [5.74, 6) is 0. The molecule has 114 valence electrons. The zero-order chi connectivity index (χ0) is 14.6. The smallest absolute Gasteiger partial charge is 0.0599 e. The van der Waals surface area contributed by atoms with Gasteiger partial charge in [0.25, 0.3) is 0 Å². The lowest BCUT2D eigenvalue weighted by Crippen LogP contribution is -2.54. The van der Waals surface area contributed by atoms with E-state index in [-0.39, 0.29) is 5.54 Å². The average molecular weight is 295 g/mol. The third-order valence-corrected chi connectivity index (χ3v) is 5.72. The van der Waals surface area contributed by atoms with Crippen LogP contribution < -0.4 is 5.32 Å². The van der Waals surface area contributed by atoms with Gasteiger partial charge in [-0.1, -0.05) is 13.3 Å². The second-order valence-corrected chi connectivity index (χ2v) is 7.50. The molecule has 1 unspecified atom stereocenters. The third-order valence-electron chi connectivity index (χ3n) is 4.64. The molecule has 1 aliphatic rings. The molecule has 0 bridgehead atoms. The van der Waals surface area contributed by atoms with E-state index >= 15 is 0 Å². The highest BCUT2D eigenvalue weighted by Crippen LogP contribution is 2.37. The van der Waals surface area contributed by atoms with Crippen LogP contribution in [0.25, 0.3) is 0 Å². The van der Waals surface area contributed by atoms with Gasteiger partial charge in [-0.15, -0.1) is 11.3 Å². The summed E-state index contributed by atoms with van der Waals surface area (Å²) in [5.41, 5.74) is 1.62. The summed E-state index contributed by atoms with van der Waals surface area (Å²) in [5, 5.41) is 6.05. The normalized spacial score (nSPS) is 19.2. The van der Waals surface area contributed by atoms with Gasteiger partial charge in [-0.25, -0.2) is 0 Å². The van der Waals surface area contributed by atoms with Crippen LogP contribution >= 0.6 is 11.3 Å². The Morgan fingerprint density at radius 2 is 2.00 bits per heavy atom. The van der Waals surface area contributed by atoms with Gasteiger partial charge in [0.1, 0.15) is 0 Å². The summed E-state index contributed by atoms with van der Waals surface area (Å²) in [4.78, 5) is 4.22. The molecule has 2 nitrogen and oxygen atoms in total. The Bertz CT molecular complexity index is 405. The molecule has 0 amide bonds. The molecule has 0 saturated carbocycles. The molecule has 1 saturated heterocycles. The summed E-state index contributed by atoms with van der Waals surface area (Å²) in [6.07, 6.45) is 5.30. The van der Waals surface area contributed by atoms with Crippen LogP contribution in [0.15, 0.2) is 11.4 Å². The number of aryl methyl sites for hydroxylation is 1. The molecule has 1 N–H and O–H groups in total. The Hall–Kier alpha value is -0.380. The third kappa shape index (κ3) is 3.44. The standard InChI is InChI=1S/C17H30N2S/c1-5-10-18-16(15-14(2)9-13-20-15)17(3,4)19-11-7-6-8-12-19/h9,13,16,18H,5-8,10-12H2,1-4H3. The van der Waals surface area contributed by atoms with E-state index in [0.29, 0.717) is 6.04 Å². The van der Waals surface area contributed by atoms with Crippen molar-refractivity contribution in [3.8, 4) is 0 Å². The van der Waals surface area contributed by atoms with E-state index in [1.54, 1.807) is 0 Å². The number of rotatable bonds is 6. The molecular weight excluding hydrogens is 264 g/mol. The first-order valence-electron chi connectivity index (χ1n) is 8.09. The van der Waals surface area contributed by atoms with Crippen LogP contribution in [0.2, 0.25) is 0 Å². The van der Waals surface area contributed by atoms with Crippen LogP contribution in [-0.2, 0) is 0 Å². The lowest BCUT2D eigenvalue weighted by Gasteiger charge is -2.46. The molecular formula is C17H30N2S. The van der Waals surface area contributed by atoms with Gasteiger partial charge in [0.15, 0.2) is 0 Å². The zero-order valence-electron chi connectivity index (χ0n) is 13.5. The minimum Gasteiger partial charge on any atom is -0.308 e. The van der Waals surface area contributed by atoms with Crippen LogP contribution in [0.3, 0.4) is 0 Å². The van der Waals surface area contributed by atoms with Crippen LogP contribution in [0.5, 0.6) is 0 Å². The fraction of sp³-hybridized carbons (Fsp3) is 0.765. The molecule has 1 aromatic heterocycles. The first kappa shape index (κ1) is 16.0. The molecule has 1 aliphatic heterocycles. The van der Waals surface area contributed by atoms with Crippen LogP contribution in [0.1, 0.15) is 62.9 Å². The molecule has 0 radical (unpaired) electrons. The average Bonchev–Trinajstić information content (AvgIpc) is 2.86. The second kappa shape index (κ2) is 7.06. The molecule has 0 aromatic carbocycles. The van der Waals surface area contributed by atoms with E-state index in [1.807, 2.05) is 11.3 Å². The van der Waals surface area contributed by atoms with E-state index in [4.69, 9.17) is 0 Å². The summed E-state index contributed by atoms with van der Waals surface area (Å²) >= 11 is 1.91. The highest BCUT2D eigenvalue weighted by Gasteiger charge is 2.37. The Morgan fingerprint density at radius 1 is 1.30 bits per heavy atom. The quantitative estimate of drug-likeness (QED) is 0.838. The predicted molar refractivity (Wildman–Crippen MR) is 89.6 cm³/mol. The number of piperidine rings is 1. The number of thiophene rings is 1. The molecule has 1 atom stereocenters.